The Morgan fingerprint density at radius 1 is 0.600 bits per heavy atom. The van der Waals surface area contributed by atoms with E-state index in [2.05, 4.69) is 3.63 Å². The molecule has 0 aliphatic rings. The second-order valence-electron chi connectivity index (χ2n) is 3.60. The van der Waals surface area contributed by atoms with Crippen molar-refractivity contribution in [2.24, 2.45) is 0 Å². The quantitative estimate of drug-likeness (QED) is 0.781. The SMILES string of the molecule is O=S(=O)(OS(=O)(=O)c1ccccc1)c1ccccc1.[KH]. The van der Waals surface area contributed by atoms with E-state index >= 15 is 0 Å². The van der Waals surface area contributed by atoms with E-state index in [4.69, 9.17) is 0 Å². The topological polar surface area (TPSA) is 77.5 Å². The van der Waals surface area contributed by atoms with E-state index in [1.54, 1.807) is 12.1 Å². The third-order valence-corrected chi connectivity index (χ3v) is 5.38. The molecule has 8 heteroatoms. The Bertz CT molecular complexity index is 689. The normalized spacial score (nSPS) is 11.6. The van der Waals surface area contributed by atoms with Crippen LogP contribution in [0.5, 0.6) is 0 Å². The molecule has 20 heavy (non-hydrogen) atoms. The van der Waals surface area contributed by atoms with Gasteiger partial charge in [-0.15, -0.1) is 3.63 Å². The van der Waals surface area contributed by atoms with Gasteiger partial charge in [0.1, 0.15) is 0 Å². The molecule has 2 aromatic carbocycles. The van der Waals surface area contributed by atoms with Gasteiger partial charge in [0.2, 0.25) is 0 Å². The summed E-state index contributed by atoms with van der Waals surface area (Å²) in [5.74, 6) is 0. The molecular formula is C12H11KO5S2. The minimum absolute atomic E-state index is 0. The Labute approximate surface area is 160 Å². The van der Waals surface area contributed by atoms with Gasteiger partial charge in [-0.1, -0.05) is 36.4 Å². The summed E-state index contributed by atoms with van der Waals surface area (Å²) in [6.07, 6.45) is 0. The van der Waals surface area contributed by atoms with Crippen molar-refractivity contribution in [2.75, 3.05) is 0 Å². The average molecular weight is 338 g/mol. The van der Waals surface area contributed by atoms with E-state index in [0.29, 0.717) is 0 Å². The third-order valence-electron chi connectivity index (χ3n) is 2.24. The molecule has 0 atom stereocenters. The second-order valence-corrected chi connectivity index (χ2v) is 6.91. The van der Waals surface area contributed by atoms with Crippen molar-refractivity contribution in [1.29, 1.82) is 0 Å². The second kappa shape index (κ2) is 7.28. The molecule has 0 bridgehead atoms. The molecule has 0 unspecified atom stereocenters. The number of hydrogen-bond acceptors (Lipinski definition) is 5. The molecule has 0 aliphatic heterocycles. The van der Waals surface area contributed by atoms with E-state index in [1.807, 2.05) is 0 Å². The number of benzene rings is 2. The number of hydrogen-bond donors (Lipinski definition) is 0. The van der Waals surface area contributed by atoms with Crippen molar-refractivity contribution in [3.63, 3.8) is 0 Å². The molecule has 0 aliphatic carbocycles. The summed E-state index contributed by atoms with van der Waals surface area (Å²) in [6, 6.07) is 14.2. The van der Waals surface area contributed by atoms with Crippen LogP contribution in [0.4, 0.5) is 0 Å². The maximum absolute atomic E-state index is 11.8. The first-order valence-corrected chi connectivity index (χ1v) is 8.05. The van der Waals surface area contributed by atoms with Crippen LogP contribution < -0.4 is 0 Å². The maximum atomic E-state index is 11.8. The fourth-order valence-corrected chi connectivity index (χ4v) is 3.92. The Morgan fingerprint density at radius 3 is 1.20 bits per heavy atom. The summed E-state index contributed by atoms with van der Waals surface area (Å²) in [4.78, 5) is -0.427. The van der Waals surface area contributed by atoms with Crippen molar-refractivity contribution in [2.45, 2.75) is 9.79 Å². The molecule has 0 fully saturated rings. The van der Waals surface area contributed by atoms with E-state index < -0.39 is 20.2 Å². The van der Waals surface area contributed by atoms with Gasteiger partial charge in [-0.25, -0.2) is 0 Å². The Hall–Kier alpha value is -0.0636. The summed E-state index contributed by atoms with van der Waals surface area (Å²) >= 11 is 0. The van der Waals surface area contributed by atoms with Crippen molar-refractivity contribution < 1.29 is 20.5 Å². The van der Waals surface area contributed by atoms with E-state index in [9.17, 15) is 16.8 Å². The van der Waals surface area contributed by atoms with Crippen molar-refractivity contribution in [3.8, 4) is 0 Å². The van der Waals surface area contributed by atoms with Crippen LogP contribution in [0.15, 0.2) is 70.5 Å². The summed E-state index contributed by atoms with van der Waals surface area (Å²) < 4.78 is 51.6. The molecule has 0 spiro atoms. The minimum atomic E-state index is -4.35. The van der Waals surface area contributed by atoms with Gasteiger partial charge in [-0.05, 0) is 24.3 Å². The zero-order valence-corrected chi connectivity index (χ0v) is 11.3. The Kier molecular flexibility index (Phi) is 6.54. The van der Waals surface area contributed by atoms with Crippen LogP contribution in [0.2, 0.25) is 0 Å². The van der Waals surface area contributed by atoms with Gasteiger partial charge in [0.25, 0.3) is 0 Å². The predicted octanol–water partition coefficient (Wildman–Crippen LogP) is 1.13. The van der Waals surface area contributed by atoms with Crippen LogP contribution in [0, 0.1) is 0 Å². The van der Waals surface area contributed by atoms with Gasteiger partial charge < -0.3 is 0 Å². The number of rotatable bonds is 4. The first-order valence-electron chi connectivity index (χ1n) is 5.23. The standard InChI is InChI=1S/C12H10O5S2.K.H/c13-18(14,11-7-3-1-4-8-11)17-19(15,16)12-9-5-2-6-10-12;;/h1-10H;;. The monoisotopic (exact) mass is 338 g/mol. The predicted molar refractivity (Wildman–Crippen MR) is 75.5 cm³/mol. The fraction of sp³-hybridized carbons (Fsp3) is 0. The van der Waals surface area contributed by atoms with Crippen LogP contribution >= 0.6 is 0 Å². The van der Waals surface area contributed by atoms with Crippen LogP contribution in [-0.4, -0.2) is 68.2 Å². The van der Waals surface area contributed by atoms with Crippen LogP contribution in [0.1, 0.15) is 0 Å². The Morgan fingerprint density at radius 2 is 0.900 bits per heavy atom. The molecular weight excluding hydrogens is 327 g/mol. The third kappa shape index (κ3) is 4.47. The van der Waals surface area contributed by atoms with Crippen LogP contribution in [0.3, 0.4) is 0 Å². The molecule has 5 nitrogen and oxygen atoms in total. The van der Waals surface area contributed by atoms with E-state index in [-0.39, 0.29) is 61.2 Å². The summed E-state index contributed by atoms with van der Waals surface area (Å²) in [5, 5.41) is 0. The summed E-state index contributed by atoms with van der Waals surface area (Å²) in [7, 11) is -8.71. The molecule has 0 saturated carbocycles. The molecule has 2 rings (SSSR count). The average Bonchev–Trinajstić information content (AvgIpc) is 2.40. The molecule has 0 heterocycles. The molecule has 102 valence electrons. The molecule has 0 amide bonds. The summed E-state index contributed by atoms with van der Waals surface area (Å²) in [6.45, 7) is 0. The Balaban J connectivity index is 0.00000200. The molecule has 0 radical (unpaired) electrons. The van der Waals surface area contributed by atoms with Crippen LogP contribution in [-0.2, 0) is 23.9 Å². The van der Waals surface area contributed by atoms with Crippen LogP contribution in [0.25, 0.3) is 0 Å². The van der Waals surface area contributed by atoms with Gasteiger partial charge in [0.05, 0.1) is 9.79 Å². The van der Waals surface area contributed by atoms with Gasteiger partial charge in [0.15, 0.2) is 0 Å². The first kappa shape index (κ1) is 18.0. The van der Waals surface area contributed by atoms with Crippen molar-refractivity contribution >= 4 is 71.6 Å². The van der Waals surface area contributed by atoms with E-state index in [0.717, 1.165) is 0 Å². The van der Waals surface area contributed by atoms with Gasteiger partial charge in [-0.2, -0.15) is 16.8 Å². The molecule has 0 saturated heterocycles. The molecule has 0 aromatic heterocycles. The fourth-order valence-electron chi connectivity index (χ4n) is 1.37. The first-order chi connectivity index (χ1) is 8.92. The zero-order valence-electron chi connectivity index (χ0n) is 9.63. The zero-order chi connectivity index (χ0) is 13.9. The van der Waals surface area contributed by atoms with Crippen molar-refractivity contribution in [1.82, 2.24) is 0 Å². The van der Waals surface area contributed by atoms with E-state index in [1.165, 1.54) is 48.5 Å². The van der Waals surface area contributed by atoms with Gasteiger partial charge in [-0.3, -0.25) is 0 Å². The van der Waals surface area contributed by atoms with Gasteiger partial charge >= 0.3 is 71.6 Å². The molecule has 0 N–H and O–H groups in total. The van der Waals surface area contributed by atoms with Crippen molar-refractivity contribution in [3.05, 3.63) is 60.7 Å². The summed E-state index contributed by atoms with van der Waals surface area (Å²) in [5.41, 5.74) is 0. The molecule has 2 aromatic rings. The van der Waals surface area contributed by atoms with Gasteiger partial charge in [0, 0.05) is 0 Å².